The molecule has 0 aromatic heterocycles. The van der Waals surface area contributed by atoms with Crippen LogP contribution < -0.4 is 16.0 Å². The summed E-state index contributed by atoms with van der Waals surface area (Å²) in [5, 5.41) is 7.97. The second-order valence-corrected chi connectivity index (χ2v) is 7.17. The van der Waals surface area contributed by atoms with Crippen LogP contribution in [0, 0.1) is 5.82 Å². The first-order chi connectivity index (χ1) is 14.4. The number of carbonyl (C=O) groups excluding carboxylic acids is 3. The summed E-state index contributed by atoms with van der Waals surface area (Å²) in [5.41, 5.74) is 1.24. The maximum absolute atomic E-state index is 13.1. The van der Waals surface area contributed by atoms with Crippen molar-refractivity contribution in [3.05, 3.63) is 59.9 Å². The summed E-state index contributed by atoms with van der Waals surface area (Å²) >= 11 is 0. The lowest BCUT2D eigenvalue weighted by Crippen LogP contribution is -2.47. The van der Waals surface area contributed by atoms with Crippen molar-refractivity contribution in [3.8, 4) is 0 Å². The second-order valence-electron chi connectivity index (χ2n) is 7.17. The molecule has 0 bridgehead atoms. The maximum Gasteiger partial charge on any atom is 0.341 e. The summed E-state index contributed by atoms with van der Waals surface area (Å²) in [6.07, 6.45) is 2.73. The van der Waals surface area contributed by atoms with E-state index in [1.54, 1.807) is 24.3 Å². The molecule has 7 nitrogen and oxygen atoms in total. The molecular weight excluding hydrogens is 389 g/mol. The zero-order valence-electron chi connectivity index (χ0n) is 16.6. The van der Waals surface area contributed by atoms with E-state index >= 15 is 0 Å². The van der Waals surface area contributed by atoms with Gasteiger partial charge >= 0.3 is 12.0 Å². The molecule has 0 aliphatic heterocycles. The fraction of sp³-hybridized carbons (Fsp3) is 0.318. The third kappa shape index (κ3) is 5.79. The molecule has 2 aromatic carbocycles. The Morgan fingerprint density at radius 1 is 1.03 bits per heavy atom. The number of halogens is 1. The number of urea groups is 1. The quantitative estimate of drug-likeness (QED) is 0.625. The SMILES string of the molecule is CC(OC(=O)c1ccccc1Nc1ccc(F)cc1)C(=O)NC(=O)NC1CCCC1. The van der Waals surface area contributed by atoms with Crippen LogP contribution in [-0.2, 0) is 9.53 Å². The molecule has 158 valence electrons. The average molecular weight is 413 g/mol. The predicted octanol–water partition coefficient (Wildman–Crippen LogP) is 3.88. The molecule has 3 N–H and O–H groups in total. The summed E-state index contributed by atoms with van der Waals surface area (Å²) in [5.74, 6) is -1.80. The lowest BCUT2D eigenvalue weighted by molar-refractivity contribution is -0.127. The molecular formula is C22H24FN3O4. The first-order valence-electron chi connectivity index (χ1n) is 9.86. The maximum atomic E-state index is 13.1. The number of rotatable bonds is 6. The molecule has 30 heavy (non-hydrogen) atoms. The second kappa shape index (κ2) is 9.87. The fourth-order valence-electron chi connectivity index (χ4n) is 3.24. The van der Waals surface area contributed by atoms with Crippen molar-refractivity contribution >= 4 is 29.3 Å². The smallest absolute Gasteiger partial charge is 0.341 e. The number of imide groups is 1. The van der Waals surface area contributed by atoms with E-state index in [9.17, 15) is 18.8 Å². The minimum atomic E-state index is -1.16. The number of hydrogen-bond donors (Lipinski definition) is 3. The van der Waals surface area contributed by atoms with Gasteiger partial charge in [0, 0.05) is 11.7 Å². The van der Waals surface area contributed by atoms with E-state index in [1.807, 2.05) is 0 Å². The number of esters is 1. The molecule has 1 aliphatic carbocycles. The van der Waals surface area contributed by atoms with E-state index in [-0.39, 0.29) is 17.4 Å². The molecule has 0 saturated heterocycles. The van der Waals surface area contributed by atoms with E-state index in [0.717, 1.165) is 25.7 Å². The molecule has 1 aliphatic rings. The Morgan fingerprint density at radius 3 is 2.40 bits per heavy atom. The van der Waals surface area contributed by atoms with Crippen LogP contribution >= 0.6 is 0 Å². The van der Waals surface area contributed by atoms with E-state index in [4.69, 9.17) is 4.74 Å². The number of hydrogen-bond acceptors (Lipinski definition) is 5. The van der Waals surface area contributed by atoms with Gasteiger partial charge in [0.1, 0.15) is 5.82 Å². The largest absolute Gasteiger partial charge is 0.449 e. The predicted molar refractivity (Wildman–Crippen MR) is 110 cm³/mol. The van der Waals surface area contributed by atoms with Crippen LogP contribution in [0.2, 0.25) is 0 Å². The van der Waals surface area contributed by atoms with Gasteiger partial charge in [-0.25, -0.2) is 14.0 Å². The third-order valence-electron chi connectivity index (χ3n) is 4.85. The number of amides is 3. The molecule has 1 unspecified atom stereocenters. The standard InChI is InChI=1S/C22H24FN3O4/c1-14(20(27)26-22(29)25-16-6-2-3-7-16)30-21(28)18-8-4-5-9-19(18)24-17-12-10-15(23)11-13-17/h4-5,8-14,16,24H,2-3,6-7H2,1H3,(H2,25,26,27,29). The molecule has 3 rings (SSSR count). The summed E-state index contributed by atoms with van der Waals surface area (Å²) in [6, 6.07) is 11.8. The zero-order valence-corrected chi connectivity index (χ0v) is 16.6. The van der Waals surface area contributed by atoms with Crippen molar-refractivity contribution in [2.45, 2.75) is 44.8 Å². The highest BCUT2D eigenvalue weighted by Gasteiger charge is 2.24. The van der Waals surface area contributed by atoms with E-state index in [2.05, 4.69) is 16.0 Å². The van der Waals surface area contributed by atoms with Gasteiger partial charge in [0.25, 0.3) is 5.91 Å². The van der Waals surface area contributed by atoms with Crippen molar-refractivity contribution in [2.24, 2.45) is 0 Å². The zero-order chi connectivity index (χ0) is 21.5. The van der Waals surface area contributed by atoms with Gasteiger partial charge in [0.2, 0.25) is 0 Å². The van der Waals surface area contributed by atoms with E-state index in [0.29, 0.717) is 11.4 Å². The number of ether oxygens (including phenoxy) is 1. The van der Waals surface area contributed by atoms with Crippen LogP contribution in [0.5, 0.6) is 0 Å². The summed E-state index contributed by atoms with van der Waals surface area (Å²) in [4.78, 5) is 36.7. The summed E-state index contributed by atoms with van der Waals surface area (Å²) in [7, 11) is 0. The topological polar surface area (TPSA) is 96.5 Å². The minimum Gasteiger partial charge on any atom is -0.449 e. The van der Waals surface area contributed by atoms with Gasteiger partial charge in [0.15, 0.2) is 6.10 Å². The van der Waals surface area contributed by atoms with Crippen LogP contribution in [0.1, 0.15) is 43.0 Å². The molecule has 0 heterocycles. The first kappa shape index (κ1) is 21.3. The van der Waals surface area contributed by atoms with Gasteiger partial charge in [-0.15, -0.1) is 0 Å². The summed E-state index contributed by atoms with van der Waals surface area (Å²) in [6.45, 7) is 1.39. The highest BCUT2D eigenvalue weighted by Crippen LogP contribution is 2.22. The number of anilines is 2. The lowest BCUT2D eigenvalue weighted by atomic mass is 10.1. The highest BCUT2D eigenvalue weighted by molar-refractivity contribution is 6.00. The third-order valence-corrected chi connectivity index (χ3v) is 4.85. The number of benzene rings is 2. The normalized spacial score (nSPS) is 14.6. The van der Waals surface area contributed by atoms with Gasteiger partial charge in [-0.1, -0.05) is 25.0 Å². The molecule has 1 saturated carbocycles. The Kier molecular flexibility index (Phi) is 7.00. The number of nitrogens with one attached hydrogen (secondary N) is 3. The first-order valence-corrected chi connectivity index (χ1v) is 9.86. The van der Waals surface area contributed by atoms with Crippen LogP contribution in [0.25, 0.3) is 0 Å². The van der Waals surface area contributed by atoms with Crippen molar-refractivity contribution in [1.82, 2.24) is 10.6 Å². The molecule has 1 atom stereocenters. The Morgan fingerprint density at radius 2 is 1.70 bits per heavy atom. The van der Waals surface area contributed by atoms with Crippen LogP contribution in [0.3, 0.4) is 0 Å². The molecule has 0 radical (unpaired) electrons. The Hall–Kier alpha value is -3.42. The van der Waals surface area contributed by atoms with Gasteiger partial charge < -0.3 is 15.4 Å². The van der Waals surface area contributed by atoms with Crippen LogP contribution in [0.15, 0.2) is 48.5 Å². The monoisotopic (exact) mass is 413 g/mol. The average Bonchev–Trinajstić information content (AvgIpc) is 3.22. The van der Waals surface area contributed by atoms with Gasteiger partial charge in [-0.2, -0.15) is 0 Å². The van der Waals surface area contributed by atoms with E-state index < -0.39 is 24.0 Å². The molecule has 1 fully saturated rings. The molecule has 3 amide bonds. The van der Waals surface area contributed by atoms with E-state index in [1.165, 1.54) is 31.2 Å². The van der Waals surface area contributed by atoms with Crippen molar-refractivity contribution in [3.63, 3.8) is 0 Å². The summed E-state index contributed by atoms with van der Waals surface area (Å²) < 4.78 is 18.3. The molecule has 8 heteroatoms. The van der Waals surface area contributed by atoms with Gasteiger partial charge in [0.05, 0.1) is 11.3 Å². The number of carbonyl (C=O) groups is 3. The lowest BCUT2D eigenvalue weighted by Gasteiger charge is -2.17. The van der Waals surface area contributed by atoms with Crippen molar-refractivity contribution in [2.75, 3.05) is 5.32 Å². The minimum absolute atomic E-state index is 0.0695. The molecule has 0 spiro atoms. The Labute approximate surface area is 174 Å². The van der Waals surface area contributed by atoms with Crippen molar-refractivity contribution < 1.29 is 23.5 Å². The van der Waals surface area contributed by atoms with Crippen LogP contribution in [-0.4, -0.2) is 30.1 Å². The van der Waals surface area contributed by atoms with Gasteiger partial charge in [-0.05, 0) is 56.2 Å². The Bertz CT molecular complexity index is 911. The van der Waals surface area contributed by atoms with Crippen molar-refractivity contribution in [1.29, 1.82) is 0 Å². The highest BCUT2D eigenvalue weighted by atomic mass is 19.1. The fourth-order valence-corrected chi connectivity index (χ4v) is 3.24. The van der Waals surface area contributed by atoms with Gasteiger partial charge in [-0.3, -0.25) is 10.1 Å². The number of para-hydroxylation sites is 1. The molecule has 2 aromatic rings. The Balaban J connectivity index is 1.58. The van der Waals surface area contributed by atoms with Crippen LogP contribution in [0.4, 0.5) is 20.6 Å².